The third-order valence-corrected chi connectivity index (χ3v) is 13.3. The number of carbonyl (C=O) groups is 4. The Hall–Kier alpha value is -4.26. The summed E-state index contributed by atoms with van der Waals surface area (Å²) in [6.07, 6.45) is 9.05. The van der Waals surface area contributed by atoms with Gasteiger partial charge in [-0.3, -0.25) is 14.4 Å². The van der Waals surface area contributed by atoms with E-state index >= 15 is 0 Å². The lowest BCUT2D eigenvalue weighted by Gasteiger charge is -2.59. The smallest absolute Gasteiger partial charge is 0.310 e. The third kappa shape index (κ3) is 3.90. The minimum Gasteiger partial charge on any atom is -0.547 e. The number of piperazine rings is 1. The molecule has 234 valence electrons. The van der Waals surface area contributed by atoms with Crippen molar-refractivity contribution >= 4 is 45.3 Å². The van der Waals surface area contributed by atoms with Crippen molar-refractivity contribution in [3.05, 3.63) is 120 Å². The normalized spacial score (nSPS) is 33.1. The maximum atomic E-state index is 14.9. The van der Waals surface area contributed by atoms with Gasteiger partial charge >= 0.3 is 5.97 Å². The lowest BCUT2D eigenvalue weighted by atomic mass is 9.75. The fraction of sp³-hybridized carbons (Fsp3) is 0.294. The van der Waals surface area contributed by atoms with Gasteiger partial charge in [-0.15, -0.1) is 0 Å². The van der Waals surface area contributed by atoms with E-state index in [0.29, 0.717) is 5.57 Å². The highest BCUT2D eigenvalue weighted by molar-refractivity contribution is 8.78. The molecule has 6 heterocycles. The minimum atomic E-state index is -2.55. The fourth-order valence-corrected chi connectivity index (χ4v) is 11.4. The molecule has 0 saturated carbocycles. The SMILES string of the molecule is O=C(Cc1ccccc1)O[C@H]1C=CC=C2C[C@@]34SS[C@]5(CC6=COC=C[C@H]([C@](O)(C(=O)[O-])c7ccccc7)[C@@H]6N5C3=O)C(=O)N4[C@@H]21. The molecule has 2 aromatic carbocycles. The van der Waals surface area contributed by atoms with Gasteiger partial charge in [0, 0.05) is 18.8 Å². The summed E-state index contributed by atoms with van der Waals surface area (Å²) in [7, 11) is 2.58. The molecule has 7 atom stereocenters. The van der Waals surface area contributed by atoms with E-state index in [-0.39, 0.29) is 36.6 Å². The molecule has 46 heavy (non-hydrogen) atoms. The van der Waals surface area contributed by atoms with E-state index in [1.807, 2.05) is 36.4 Å². The molecule has 5 saturated heterocycles. The number of esters is 1. The van der Waals surface area contributed by atoms with Gasteiger partial charge in [-0.05, 0) is 34.4 Å². The Morgan fingerprint density at radius 3 is 2.24 bits per heavy atom. The summed E-state index contributed by atoms with van der Waals surface area (Å²) >= 11 is 0. The summed E-state index contributed by atoms with van der Waals surface area (Å²) in [6, 6.07) is 15.4. The van der Waals surface area contributed by atoms with E-state index < -0.39 is 51.4 Å². The highest BCUT2D eigenvalue weighted by Gasteiger charge is 2.78. The molecule has 5 fully saturated rings. The maximum absolute atomic E-state index is 14.9. The van der Waals surface area contributed by atoms with Crippen LogP contribution < -0.4 is 5.11 Å². The number of nitrogens with zero attached hydrogens (tertiary/aromatic N) is 2. The molecule has 0 aromatic heterocycles. The Morgan fingerprint density at radius 2 is 1.57 bits per heavy atom. The van der Waals surface area contributed by atoms with Gasteiger partial charge in [0.05, 0.1) is 37.0 Å². The first-order chi connectivity index (χ1) is 22.2. The number of allylic oxidation sites excluding steroid dienone is 2. The van der Waals surface area contributed by atoms with Crippen molar-refractivity contribution in [3.63, 3.8) is 0 Å². The molecular formula is C34H27N2O8S2-. The second kappa shape index (κ2) is 10.4. The van der Waals surface area contributed by atoms with Gasteiger partial charge in [-0.1, -0.05) is 94.4 Å². The number of hydrogen-bond acceptors (Lipinski definition) is 10. The van der Waals surface area contributed by atoms with Gasteiger partial charge in [0.1, 0.15) is 11.7 Å². The molecule has 2 aromatic rings. The highest BCUT2D eigenvalue weighted by Crippen LogP contribution is 2.70. The van der Waals surface area contributed by atoms with E-state index in [4.69, 9.17) is 9.47 Å². The summed E-state index contributed by atoms with van der Waals surface area (Å²) in [6.45, 7) is 0. The van der Waals surface area contributed by atoms with Crippen LogP contribution in [0.2, 0.25) is 0 Å². The molecule has 2 spiro atoms. The van der Waals surface area contributed by atoms with E-state index in [9.17, 15) is 29.4 Å². The monoisotopic (exact) mass is 655 g/mol. The maximum Gasteiger partial charge on any atom is 0.310 e. The lowest BCUT2D eigenvalue weighted by Crippen LogP contribution is -2.77. The standard InChI is InChI=1S/C34H28N2O8S2/c37-26(16-20-8-3-1-4-9-20)44-25-13-7-10-21-17-32-29(38)35-27-22(18-33(35,46-45-32)30(39)36(32)28(21)25)19-43-15-14-24(27)34(42,31(40)41)23-11-5-2-6-12-23/h1-15,19,24-25,27-28,42H,16-18H2,(H,40,41)/p-1/t24-,25-,27+,28-,32+,33+,34-/m0/s1. The molecule has 10 nitrogen and oxygen atoms in total. The summed E-state index contributed by atoms with van der Waals surface area (Å²) in [4.78, 5) is 55.8. The van der Waals surface area contributed by atoms with Crippen LogP contribution in [0.25, 0.3) is 0 Å². The number of amides is 2. The van der Waals surface area contributed by atoms with E-state index in [2.05, 4.69) is 0 Å². The molecule has 9 rings (SSSR count). The molecule has 0 radical (unpaired) electrons. The topological polar surface area (TPSA) is 137 Å². The van der Waals surface area contributed by atoms with Crippen molar-refractivity contribution in [1.29, 1.82) is 0 Å². The number of carboxylic acid groups (broad SMARTS) is 1. The van der Waals surface area contributed by atoms with E-state index in [0.717, 1.165) is 11.1 Å². The summed E-state index contributed by atoms with van der Waals surface area (Å²) in [5, 5.41) is 24.7. The first kappa shape index (κ1) is 29.2. The van der Waals surface area contributed by atoms with Crippen LogP contribution in [0.15, 0.2) is 109 Å². The van der Waals surface area contributed by atoms with Crippen LogP contribution in [0, 0.1) is 5.92 Å². The van der Waals surface area contributed by atoms with Gasteiger partial charge < -0.3 is 34.3 Å². The molecule has 0 unspecified atom stereocenters. The number of hydrogen-bond donors (Lipinski definition) is 1. The van der Waals surface area contributed by atoms with Gasteiger partial charge in [0.2, 0.25) is 0 Å². The van der Waals surface area contributed by atoms with Gasteiger partial charge in [0.15, 0.2) is 9.74 Å². The third-order valence-electron chi connectivity index (χ3n) is 9.72. The Morgan fingerprint density at radius 1 is 0.935 bits per heavy atom. The van der Waals surface area contributed by atoms with Gasteiger partial charge in [-0.2, -0.15) is 0 Å². The molecule has 12 heteroatoms. The Kier molecular flexibility index (Phi) is 6.58. The molecule has 2 amide bonds. The van der Waals surface area contributed by atoms with Crippen molar-refractivity contribution in [3.8, 4) is 0 Å². The lowest BCUT2D eigenvalue weighted by molar-refractivity contribution is -0.330. The fourth-order valence-electron chi connectivity index (χ4n) is 7.72. The molecule has 2 bridgehead atoms. The molecule has 1 aliphatic carbocycles. The van der Waals surface area contributed by atoms with Crippen molar-refractivity contribution < 1.29 is 38.9 Å². The molecular weight excluding hydrogens is 629 g/mol. The number of aliphatic carboxylic acids is 1. The Labute approximate surface area is 271 Å². The van der Waals surface area contributed by atoms with Crippen LogP contribution in [0.1, 0.15) is 24.0 Å². The van der Waals surface area contributed by atoms with Gasteiger partial charge in [-0.25, -0.2) is 0 Å². The molecule has 7 aliphatic rings. The number of benzene rings is 2. The van der Waals surface area contributed by atoms with Gasteiger partial charge in [0.25, 0.3) is 11.8 Å². The zero-order valence-corrected chi connectivity index (χ0v) is 25.8. The zero-order chi connectivity index (χ0) is 31.8. The van der Waals surface area contributed by atoms with Crippen LogP contribution in [-0.2, 0) is 40.7 Å². The minimum absolute atomic E-state index is 0.0582. The number of carboxylic acids is 1. The summed E-state index contributed by atoms with van der Waals surface area (Å²) in [5.41, 5.74) is -0.377. The predicted molar refractivity (Wildman–Crippen MR) is 166 cm³/mol. The van der Waals surface area contributed by atoms with Crippen molar-refractivity contribution in [1.82, 2.24) is 9.80 Å². The Bertz CT molecular complexity index is 1790. The van der Waals surface area contributed by atoms with Crippen LogP contribution in [0.3, 0.4) is 0 Å². The number of ether oxygens (including phenoxy) is 2. The van der Waals surface area contributed by atoms with Crippen LogP contribution in [0.4, 0.5) is 0 Å². The molecule has 1 N–H and O–H groups in total. The Balaban J connectivity index is 1.17. The van der Waals surface area contributed by atoms with E-state index in [1.165, 1.54) is 57.2 Å². The van der Waals surface area contributed by atoms with Crippen LogP contribution >= 0.6 is 21.6 Å². The average Bonchev–Trinajstić information content (AvgIpc) is 3.51. The van der Waals surface area contributed by atoms with Crippen LogP contribution in [-0.4, -0.2) is 66.6 Å². The van der Waals surface area contributed by atoms with E-state index in [1.54, 1.807) is 35.3 Å². The van der Waals surface area contributed by atoms with Crippen molar-refractivity contribution in [2.45, 2.75) is 52.8 Å². The van der Waals surface area contributed by atoms with Crippen LogP contribution in [0.5, 0.6) is 0 Å². The number of aliphatic hydroxyl groups is 1. The summed E-state index contributed by atoms with van der Waals surface area (Å²) in [5.74, 6) is -4.13. The largest absolute Gasteiger partial charge is 0.547 e. The first-order valence-corrected chi connectivity index (χ1v) is 17.0. The predicted octanol–water partition coefficient (Wildman–Crippen LogP) is 2.32. The number of carbonyl (C=O) groups excluding carboxylic acids is 4. The van der Waals surface area contributed by atoms with Crippen molar-refractivity contribution in [2.75, 3.05) is 0 Å². The second-order valence-corrected chi connectivity index (χ2v) is 14.9. The highest BCUT2D eigenvalue weighted by atomic mass is 33.1. The second-order valence-electron chi connectivity index (χ2n) is 12.2. The summed E-state index contributed by atoms with van der Waals surface area (Å²) < 4.78 is 11.6. The number of rotatable bonds is 6. The first-order valence-electron chi connectivity index (χ1n) is 14.9. The zero-order valence-electron chi connectivity index (χ0n) is 24.2. The average molecular weight is 656 g/mol. The van der Waals surface area contributed by atoms with Crippen molar-refractivity contribution in [2.24, 2.45) is 5.92 Å². The molecule has 6 aliphatic heterocycles. The number of fused-ring (bicyclic) bond motifs is 3. The quantitative estimate of drug-likeness (QED) is 0.365.